The fourth-order valence-corrected chi connectivity index (χ4v) is 7.59. The third kappa shape index (κ3) is 30.8. The Morgan fingerprint density at radius 2 is 0.747 bits per heavy atom. The van der Waals surface area contributed by atoms with E-state index in [1.807, 2.05) is 54.6 Å². The van der Waals surface area contributed by atoms with Crippen molar-refractivity contribution < 1.29 is 14.2 Å². The number of hydrogen-bond acceptors (Lipinski definition) is 8. The fraction of sp³-hybridized carbons (Fsp3) is 0.507. The van der Waals surface area contributed by atoms with E-state index in [0.717, 1.165) is 49.1 Å². The number of aryl methyl sites for hydroxylation is 1. The number of phenols is 1. The minimum absolute atomic E-state index is 0.147. The monoisotopic (exact) mass is 1160 g/mol. The van der Waals surface area contributed by atoms with Gasteiger partial charge < -0.3 is 19.6 Å². The number of anilines is 2. The zero-order valence-electron chi connectivity index (χ0n) is 56.8. The summed E-state index contributed by atoms with van der Waals surface area (Å²) in [4.78, 5) is 13.9. The second-order valence-corrected chi connectivity index (χ2v) is 28.1. The standard InChI is InChI=1S/C13H21NO.C13H21N.C12H18ClN.C12H18FN.C12H19NO.C11H17N/c1-13(2,3)14(4)10-11-6-8-12(15-5)9-7-11;1-6-14(13(3,4)5)12-10-8-7-9-11(12)2;2*1-12(2,3)14(4)9-10-5-7-11(13)8-6-10;1-12(2,3)13(4)9-10-5-7-11(14)8-6-10;1-11(2,3)12(4)10-8-6-5-7-9-10/h6-9H,10H2,1-5H3;7-10H,6H2,1-5H3;2*5-8H,9H2,1-4H3;5-8,14H,9H2,1-4H3;5-9H,1-4H3. The number of benzene rings is 6. The van der Waals surface area contributed by atoms with Crippen molar-refractivity contribution in [2.75, 3.05) is 58.7 Å². The van der Waals surface area contributed by atoms with Crippen LogP contribution in [-0.2, 0) is 26.2 Å². The quantitative estimate of drug-likeness (QED) is 0.130. The Bertz CT molecular complexity index is 2510. The first kappa shape index (κ1) is 75.6. The van der Waals surface area contributed by atoms with Crippen molar-refractivity contribution in [2.45, 2.75) is 198 Å². The molecule has 462 valence electrons. The van der Waals surface area contributed by atoms with Crippen LogP contribution >= 0.6 is 11.6 Å². The molecule has 0 saturated carbocycles. The Labute approximate surface area is 512 Å². The van der Waals surface area contributed by atoms with Crippen molar-refractivity contribution in [1.29, 1.82) is 0 Å². The Hall–Kier alpha value is -5.42. The van der Waals surface area contributed by atoms with E-state index in [9.17, 15) is 4.39 Å². The highest BCUT2D eigenvalue weighted by molar-refractivity contribution is 6.30. The van der Waals surface area contributed by atoms with Crippen LogP contribution in [0.25, 0.3) is 0 Å². The molecule has 1 N–H and O–H groups in total. The maximum absolute atomic E-state index is 12.6. The summed E-state index contributed by atoms with van der Waals surface area (Å²) in [5.41, 5.74) is 10.1. The molecule has 6 rings (SSSR count). The molecule has 0 saturated heterocycles. The number of hydrogen-bond donors (Lipinski definition) is 1. The molecule has 10 heteroatoms. The highest BCUT2D eigenvalue weighted by atomic mass is 35.5. The molecule has 0 unspecified atom stereocenters. The van der Waals surface area contributed by atoms with Gasteiger partial charge in [-0.1, -0.05) is 96.5 Å². The molecule has 83 heavy (non-hydrogen) atoms. The lowest BCUT2D eigenvalue weighted by Crippen LogP contribution is -2.41. The van der Waals surface area contributed by atoms with Crippen LogP contribution in [0.2, 0.25) is 5.02 Å². The highest BCUT2D eigenvalue weighted by Crippen LogP contribution is 2.27. The van der Waals surface area contributed by atoms with Crippen molar-refractivity contribution in [3.05, 3.63) is 190 Å². The van der Waals surface area contributed by atoms with Gasteiger partial charge >= 0.3 is 0 Å². The van der Waals surface area contributed by atoms with Gasteiger partial charge in [0, 0.05) is 89.4 Å². The summed E-state index contributed by atoms with van der Waals surface area (Å²) in [6.07, 6.45) is 0. The molecule has 0 radical (unpaired) electrons. The molecule has 8 nitrogen and oxygen atoms in total. The summed E-state index contributed by atoms with van der Waals surface area (Å²) in [5.74, 6) is 1.07. The molecule has 0 atom stereocenters. The Morgan fingerprint density at radius 3 is 1.06 bits per heavy atom. The van der Waals surface area contributed by atoms with E-state index in [0.29, 0.717) is 5.75 Å². The van der Waals surface area contributed by atoms with Gasteiger partial charge in [0.2, 0.25) is 0 Å². The average molecular weight is 1160 g/mol. The third-order valence-corrected chi connectivity index (χ3v) is 15.1. The lowest BCUT2D eigenvalue weighted by atomic mass is 10.0. The second kappa shape index (κ2) is 34.5. The van der Waals surface area contributed by atoms with Crippen molar-refractivity contribution in [3.8, 4) is 11.5 Å². The van der Waals surface area contributed by atoms with Gasteiger partial charge in [-0.25, -0.2) is 4.39 Å². The van der Waals surface area contributed by atoms with Gasteiger partial charge in [-0.15, -0.1) is 0 Å². The van der Waals surface area contributed by atoms with Crippen LogP contribution in [0.4, 0.5) is 15.8 Å². The van der Waals surface area contributed by atoms with Crippen LogP contribution in [0.5, 0.6) is 11.5 Å². The highest BCUT2D eigenvalue weighted by Gasteiger charge is 2.22. The Balaban J connectivity index is 0.000000498. The van der Waals surface area contributed by atoms with E-state index in [1.165, 1.54) is 45.8 Å². The smallest absolute Gasteiger partial charge is 0.123 e. The van der Waals surface area contributed by atoms with Gasteiger partial charge in [0.25, 0.3) is 0 Å². The summed E-state index contributed by atoms with van der Waals surface area (Å²) >= 11 is 5.82. The van der Waals surface area contributed by atoms with E-state index >= 15 is 0 Å². The summed E-state index contributed by atoms with van der Waals surface area (Å²) < 4.78 is 17.8. The maximum Gasteiger partial charge on any atom is 0.123 e. The van der Waals surface area contributed by atoms with E-state index < -0.39 is 0 Å². The summed E-state index contributed by atoms with van der Waals surface area (Å²) in [5, 5.41) is 9.94. The first-order valence-corrected chi connectivity index (χ1v) is 29.8. The lowest BCUT2D eigenvalue weighted by Gasteiger charge is -2.37. The van der Waals surface area contributed by atoms with Crippen LogP contribution < -0.4 is 14.5 Å². The van der Waals surface area contributed by atoms with Crippen LogP contribution in [0.3, 0.4) is 0 Å². The van der Waals surface area contributed by atoms with Gasteiger partial charge in [-0.3, -0.25) is 19.6 Å². The first-order chi connectivity index (χ1) is 38.1. The summed E-state index contributed by atoms with van der Waals surface area (Å²) in [6.45, 7) is 48.8. The van der Waals surface area contributed by atoms with E-state index in [2.05, 4.69) is 276 Å². The molecule has 0 aliphatic heterocycles. The minimum Gasteiger partial charge on any atom is -0.508 e. The van der Waals surface area contributed by atoms with Gasteiger partial charge in [-0.05, 0) is 261 Å². The van der Waals surface area contributed by atoms with Crippen LogP contribution in [0, 0.1) is 12.7 Å². The van der Waals surface area contributed by atoms with Crippen LogP contribution in [0.1, 0.15) is 159 Å². The van der Waals surface area contributed by atoms with Crippen molar-refractivity contribution in [2.24, 2.45) is 0 Å². The summed E-state index contributed by atoms with van der Waals surface area (Å²) in [7, 11) is 12.3. The molecular weight excluding hydrogens is 1050 g/mol. The van der Waals surface area contributed by atoms with Crippen LogP contribution in [0.15, 0.2) is 152 Å². The number of nitrogens with zero attached hydrogens (tertiary/aromatic N) is 6. The van der Waals surface area contributed by atoms with Gasteiger partial charge in [0.05, 0.1) is 7.11 Å². The number of para-hydroxylation sites is 2. The molecule has 0 bridgehead atoms. The predicted octanol–water partition coefficient (Wildman–Crippen LogP) is 18.7. The Kier molecular flexibility index (Phi) is 31.4. The number of methoxy groups -OCH3 is 1. The minimum atomic E-state index is -0.174. The van der Waals surface area contributed by atoms with Crippen molar-refractivity contribution in [3.63, 3.8) is 0 Å². The zero-order chi connectivity index (χ0) is 63.7. The van der Waals surface area contributed by atoms with Crippen molar-refractivity contribution in [1.82, 2.24) is 19.6 Å². The van der Waals surface area contributed by atoms with Gasteiger partial charge in [0.15, 0.2) is 0 Å². The normalized spacial score (nSPS) is 11.9. The topological polar surface area (TPSA) is 48.9 Å². The molecule has 0 spiro atoms. The molecule has 6 aromatic rings. The first-order valence-electron chi connectivity index (χ1n) is 29.5. The number of ether oxygens (including phenoxy) is 1. The van der Waals surface area contributed by atoms with E-state index in [-0.39, 0.29) is 39.1 Å². The molecule has 0 fully saturated rings. The Morgan fingerprint density at radius 1 is 0.422 bits per heavy atom. The van der Waals surface area contributed by atoms with Gasteiger partial charge in [0.1, 0.15) is 17.3 Å². The number of rotatable bonds is 12. The molecular formula is C73H114ClFN6O2. The number of phenolic OH excluding ortho intramolecular Hbond substituents is 1. The molecule has 0 amide bonds. The summed E-state index contributed by atoms with van der Waals surface area (Å²) in [6, 6.07) is 49.3. The van der Waals surface area contributed by atoms with Crippen LogP contribution in [-0.4, -0.2) is 107 Å². The van der Waals surface area contributed by atoms with E-state index in [4.69, 9.17) is 21.4 Å². The number of aromatic hydroxyl groups is 1. The number of halogens is 2. The lowest BCUT2D eigenvalue weighted by molar-refractivity contribution is 0.167. The average Bonchev–Trinajstić information content (AvgIpc) is 3.47. The van der Waals surface area contributed by atoms with Crippen molar-refractivity contribution >= 4 is 23.0 Å². The van der Waals surface area contributed by atoms with E-state index in [1.54, 1.807) is 19.2 Å². The second-order valence-electron chi connectivity index (χ2n) is 27.6. The molecule has 6 aromatic carbocycles. The third-order valence-electron chi connectivity index (χ3n) is 14.9. The molecule has 0 aromatic heterocycles. The molecule has 0 heterocycles. The molecule has 0 aliphatic carbocycles. The van der Waals surface area contributed by atoms with Gasteiger partial charge in [-0.2, -0.15) is 0 Å². The molecule has 0 aliphatic rings. The maximum atomic E-state index is 12.6. The zero-order valence-corrected chi connectivity index (χ0v) is 57.5. The largest absolute Gasteiger partial charge is 0.508 e. The predicted molar refractivity (Wildman–Crippen MR) is 362 cm³/mol. The fourth-order valence-electron chi connectivity index (χ4n) is 7.47. The SMILES string of the molecule is CCN(c1ccccc1C)C(C)(C)C.CN(Cc1ccc(Cl)cc1)C(C)(C)C.CN(Cc1ccc(F)cc1)C(C)(C)C.CN(Cc1ccc(O)cc1)C(C)(C)C.CN(c1ccccc1)C(C)(C)C.COc1ccc(CN(C)C(C)(C)C)cc1.